The maximum absolute atomic E-state index is 11.5. The number of hydrogen-bond acceptors (Lipinski definition) is 6. The molecule has 0 saturated heterocycles. The molecule has 10 heteroatoms. The first-order valence-corrected chi connectivity index (χ1v) is 6.62. The van der Waals surface area contributed by atoms with Crippen molar-refractivity contribution in [2.45, 2.75) is 25.9 Å². The number of nitrogens with two attached hydrogens (primary N) is 1. The Kier molecular flexibility index (Phi) is 8.72. The van der Waals surface area contributed by atoms with Gasteiger partial charge < -0.3 is 31.9 Å². The highest BCUT2D eigenvalue weighted by Gasteiger charge is 2.20. The van der Waals surface area contributed by atoms with Gasteiger partial charge >= 0.3 is 5.97 Å². The number of carbonyl (C=O) groups excluding carboxylic acids is 3. The molecule has 126 valence electrons. The summed E-state index contributed by atoms with van der Waals surface area (Å²) in [4.78, 5) is 44.8. The molecule has 0 spiro atoms. The van der Waals surface area contributed by atoms with Crippen LogP contribution in [-0.2, 0) is 19.2 Å². The van der Waals surface area contributed by atoms with Gasteiger partial charge in [-0.1, -0.05) is 13.8 Å². The van der Waals surface area contributed by atoms with Crippen molar-refractivity contribution in [3.05, 3.63) is 0 Å². The molecule has 0 fully saturated rings. The van der Waals surface area contributed by atoms with Gasteiger partial charge in [0.1, 0.15) is 6.04 Å². The van der Waals surface area contributed by atoms with Gasteiger partial charge in [0.15, 0.2) is 0 Å². The number of aliphatic hydroxyl groups is 1. The summed E-state index contributed by atoms with van der Waals surface area (Å²) in [6.45, 7) is 1.92. The number of hydrogen-bond donors (Lipinski definition) is 6. The van der Waals surface area contributed by atoms with E-state index in [1.54, 1.807) is 13.8 Å². The van der Waals surface area contributed by atoms with E-state index in [1.807, 2.05) is 5.32 Å². The summed E-state index contributed by atoms with van der Waals surface area (Å²) in [6, 6.07) is -2.18. The van der Waals surface area contributed by atoms with Gasteiger partial charge in [0, 0.05) is 0 Å². The van der Waals surface area contributed by atoms with Crippen molar-refractivity contribution < 1.29 is 29.4 Å². The molecule has 7 N–H and O–H groups in total. The molecule has 0 aromatic carbocycles. The molecule has 2 unspecified atom stereocenters. The predicted octanol–water partition coefficient (Wildman–Crippen LogP) is -3.24. The fourth-order valence-electron chi connectivity index (χ4n) is 1.26. The number of amides is 3. The summed E-state index contributed by atoms with van der Waals surface area (Å²) < 4.78 is 0. The van der Waals surface area contributed by atoms with Crippen LogP contribution in [0.15, 0.2) is 0 Å². The zero-order valence-electron chi connectivity index (χ0n) is 12.5. The van der Waals surface area contributed by atoms with E-state index in [0.29, 0.717) is 0 Å². The number of aliphatic carboxylic acids is 1. The van der Waals surface area contributed by atoms with Crippen molar-refractivity contribution in [2.75, 3.05) is 19.7 Å². The van der Waals surface area contributed by atoms with E-state index < -0.39 is 48.9 Å². The lowest BCUT2D eigenvalue weighted by atomic mass is 10.1. The predicted molar refractivity (Wildman–Crippen MR) is 75.5 cm³/mol. The van der Waals surface area contributed by atoms with Crippen molar-refractivity contribution >= 4 is 23.7 Å². The number of nitrogens with one attached hydrogen (secondary N) is 3. The molecule has 0 aromatic heterocycles. The standard InChI is InChI=1S/C12H22N4O6/c1-6(2)10(13)11(20)15-3-8(18)14-4-9(19)16-7(5-17)12(21)22/h6-7,10,17H,3-5,13H2,1-2H3,(H,14,18)(H,15,20)(H,16,19)(H,21,22). The zero-order chi connectivity index (χ0) is 17.3. The molecule has 10 nitrogen and oxygen atoms in total. The van der Waals surface area contributed by atoms with Gasteiger partial charge in [0.25, 0.3) is 0 Å². The molecule has 3 amide bonds. The maximum atomic E-state index is 11.5. The lowest BCUT2D eigenvalue weighted by Crippen LogP contribution is -2.50. The van der Waals surface area contributed by atoms with Crippen LogP contribution in [0, 0.1) is 5.92 Å². The van der Waals surface area contributed by atoms with E-state index in [-0.39, 0.29) is 12.5 Å². The van der Waals surface area contributed by atoms with Crippen LogP contribution in [-0.4, -0.2) is 65.7 Å². The molecule has 0 aliphatic rings. The third kappa shape index (κ3) is 7.55. The van der Waals surface area contributed by atoms with Gasteiger partial charge in [0.2, 0.25) is 17.7 Å². The van der Waals surface area contributed by atoms with Gasteiger partial charge in [-0.05, 0) is 5.92 Å². The molecule has 0 saturated carbocycles. The topological polar surface area (TPSA) is 171 Å². The molecule has 22 heavy (non-hydrogen) atoms. The van der Waals surface area contributed by atoms with Gasteiger partial charge in [-0.15, -0.1) is 0 Å². The average Bonchev–Trinajstić information content (AvgIpc) is 2.46. The lowest BCUT2D eigenvalue weighted by molar-refractivity contribution is -0.142. The van der Waals surface area contributed by atoms with Crippen molar-refractivity contribution in [3.8, 4) is 0 Å². The van der Waals surface area contributed by atoms with Crippen LogP contribution in [0.4, 0.5) is 0 Å². The van der Waals surface area contributed by atoms with Crippen LogP contribution in [0.2, 0.25) is 0 Å². The summed E-state index contributed by atoms with van der Waals surface area (Å²) in [7, 11) is 0. The number of carbonyl (C=O) groups is 4. The SMILES string of the molecule is CC(C)C(N)C(=O)NCC(=O)NCC(=O)NC(CO)C(=O)O. The summed E-state index contributed by atoms with van der Waals surface area (Å²) in [5.74, 6) is -3.37. The Hall–Kier alpha value is -2.20. The highest BCUT2D eigenvalue weighted by molar-refractivity contribution is 5.90. The van der Waals surface area contributed by atoms with Crippen molar-refractivity contribution in [1.29, 1.82) is 0 Å². The molecular weight excluding hydrogens is 296 g/mol. The summed E-state index contributed by atoms with van der Waals surface area (Å²) in [5.41, 5.74) is 5.58. The molecule has 0 bridgehead atoms. The average molecular weight is 318 g/mol. The Bertz CT molecular complexity index is 426. The second-order valence-corrected chi connectivity index (χ2v) is 4.91. The quantitative estimate of drug-likeness (QED) is 0.259. The van der Waals surface area contributed by atoms with Gasteiger partial charge in [-0.2, -0.15) is 0 Å². The zero-order valence-corrected chi connectivity index (χ0v) is 12.5. The number of carboxylic acid groups (broad SMARTS) is 1. The first kappa shape index (κ1) is 19.8. The van der Waals surface area contributed by atoms with Gasteiger partial charge in [-0.3, -0.25) is 14.4 Å². The lowest BCUT2D eigenvalue weighted by Gasteiger charge is -2.15. The van der Waals surface area contributed by atoms with Crippen LogP contribution >= 0.6 is 0 Å². The van der Waals surface area contributed by atoms with Crippen LogP contribution in [0.1, 0.15) is 13.8 Å². The van der Waals surface area contributed by atoms with Gasteiger partial charge in [0.05, 0.1) is 25.7 Å². The minimum Gasteiger partial charge on any atom is -0.480 e. The van der Waals surface area contributed by atoms with E-state index in [1.165, 1.54) is 0 Å². The Balaban J connectivity index is 4.06. The molecule has 0 radical (unpaired) electrons. The van der Waals surface area contributed by atoms with Crippen LogP contribution in [0.3, 0.4) is 0 Å². The Morgan fingerprint density at radius 1 is 1.05 bits per heavy atom. The van der Waals surface area contributed by atoms with Crippen LogP contribution < -0.4 is 21.7 Å². The second kappa shape index (κ2) is 9.68. The molecule has 0 heterocycles. The van der Waals surface area contributed by atoms with E-state index in [2.05, 4.69) is 10.6 Å². The van der Waals surface area contributed by atoms with E-state index >= 15 is 0 Å². The maximum Gasteiger partial charge on any atom is 0.328 e. The minimum atomic E-state index is -1.44. The number of aliphatic hydroxyl groups excluding tert-OH is 1. The summed E-state index contributed by atoms with van der Waals surface area (Å²) in [6.07, 6.45) is 0. The van der Waals surface area contributed by atoms with E-state index in [9.17, 15) is 19.2 Å². The number of rotatable bonds is 9. The van der Waals surface area contributed by atoms with Crippen LogP contribution in [0.5, 0.6) is 0 Å². The Morgan fingerprint density at radius 2 is 1.59 bits per heavy atom. The molecule has 2 atom stereocenters. The first-order chi connectivity index (χ1) is 10.2. The van der Waals surface area contributed by atoms with Gasteiger partial charge in [-0.25, -0.2) is 4.79 Å². The smallest absolute Gasteiger partial charge is 0.328 e. The van der Waals surface area contributed by atoms with Crippen molar-refractivity contribution in [3.63, 3.8) is 0 Å². The third-order valence-electron chi connectivity index (χ3n) is 2.71. The monoisotopic (exact) mass is 318 g/mol. The van der Waals surface area contributed by atoms with Crippen LogP contribution in [0.25, 0.3) is 0 Å². The minimum absolute atomic E-state index is 0.0831. The fraction of sp³-hybridized carbons (Fsp3) is 0.667. The molecule has 0 rings (SSSR count). The highest BCUT2D eigenvalue weighted by Crippen LogP contribution is 1.97. The van der Waals surface area contributed by atoms with E-state index in [4.69, 9.17) is 15.9 Å². The molecule has 0 aromatic rings. The fourth-order valence-corrected chi connectivity index (χ4v) is 1.26. The molecule has 0 aliphatic carbocycles. The molecular formula is C12H22N4O6. The largest absolute Gasteiger partial charge is 0.480 e. The third-order valence-corrected chi connectivity index (χ3v) is 2.71. The second-order valence-electron chi connectivity index (χ2n) is 4.91. The highest BCUT2D eigenvalue weighted by atomic mass is 16.4. The normalized spacial score (nSPS) is 13.1. The Labute approximate surface area is 127 Å². The first-order valence-electron chi connectivity index (χ1n) is 6.62. The van der Waals surface area contributed by atoms with E-state index in [0.717, 1.165) is 0 Å². The summed E-state index contributed by atoms with van der Waals surface area (Å²) >= 11 is 0. The number of carboxylic acids is 1. The molecule has 0 aliphatic heterocycles. The van der Waals surface area contributed by atoms with Crippen molar-refractivity contribution in [2.24, 2.45) is 11.7 Å². The van der Waals surface area contributed by atoms with Crippen molar-refractivity contribution in [1.82, 2.24) is 16.0 Å². The summed E-state index contributed by atoms with van der Waals surface area (Å²) in [5, 5.41) is 23.9. The Morgan fingerprint density at radius 3 is 2.05 bits per heavy atom.